The van der Waals surface area contributed by atoms with Crippen LogP contribution in [0.4, 0.5) is 0 Å². The van der Waals surface area contributed by atoms with E-state index >= 15 is 0 Å². The van der Waals surface area contributed by atoms with Gasteiger partial charge < -0.3 is 20.3 Å². The largest absolute Gasteiger partial charge is 0.466 e. The van der Waals surface area contributed by atoms with E-state index in [0.717, 1.165) is 38.5 Å². The van der Waals surface area contributed by atoms with Gasteiger partial charge in [-0.1, -0.05) is 346 Å². The van der Waals surface area contributed by atoms with Gasteiger partial charge in [-0.2, -0.15) is 0 Å². The fraction of sp³-hybridized carbons (Fsp3) is 0.915. The molecule has 0 fully saturated rings. The third-order valence-electron chi connectivity index (χ3n) is 16.5. The zero-order valence-corrected chi connectivity index (χ0v) is 52.2. The van der Waals surface area contributed by atoms with Crippen molar-refractivity contribution in [2.75, 3.05) is 13.2 Å². The normalized spacial score (nSPS) is 12.6. The number of allylic oxidation sites excluding steroid dienone is 3. The van der Waals surface area contributed by atoms with Crippen LogP contribution < -0.4 is 5.32 Å². The lowest BCUT2D eigenvalue weighted by Crippen LogP contribution is -2.45. The van der Waals surface area contributed by atoms with Crippen molar-refractivity contribution in [3.63, 3.8) is 0 Å². The van der Waals surface area contributed by atoms with Gasteiger partial charge >= 0.3 is 5.97 Å². The van der Waals surface area contributed by atoms with E-state index in [9.17, 15) is 19.8 Å². The van der Waals surface area contributed by atoms with Crippen molar-refractivity contribution in [1.29, 1.82) is 0 Å². The third kappa shape index (κ3) is 63.4. The van der Waals surface area contributed by atoms with Crippen LogP contribution >= 0.6 is 0 Å². The zero-order chi connectivity index (χ0) is 55.7. The third-order valence-corrected chi connectivity index (χ3v) is 16.5. The topological polar surface area (TPSA) is 95.9 Å². The van der Waals surface area contributed by atoms with E-state index in [1.807, 2.05) is 6.08 Å². The second-order valence-electron chi connectivity index (χ2n) is 24.2. The van der Waals surface area contributed by atoms with Crippen LogP contribution in [0.15, 0.2) is 24.3 Å². The fourth-order valence-corrected chi connectivity index (χ4v) is 11.1. The Kier molecular flexibility index (Phi) is 65.4. The Morgan fingerprint density at radius 3 is 0.922 bits per heavy atom. The minimum Gasteiger partial charge on any atom is -0.466 e. The molecule has 6 nitrogen and oxygen atoms in total. The van der Waals surface area contributed by atoms with Crippen LogP contribution in [0.3, 0.4) is 0 Å². The van der Waals surface area contributed by atoms with Gasteiger partial charge in [-0.3, -0.25) is 9.59 Å². The maximum Gasteiger partial charge on any atom is 0.305 e. The Balaban J connectivity index is 3.31. The summed E-state index contributed by atoms with van der Waals surface area (Å²) < 4.78 is 5.51. The summed E-state index contributed by atoms with van der Waals surface area (Å²) >= 11 is 0. The molecular weight excluding hydrogens is 947 g/mol. The average Bonchev–Trinajstić information content (AvgIpc) is 3.43. The quantitative estimate of drug-likeness (QED) is 0.0320. The van der Waals surface area contributed by atoms with Crippen molar-refractivity contribution < 1.29 is 24.5 Å². The molecule has 0 aromatic rings. The molecule has 0 bridgehead atoms. The summed E-state index contributed by atoms with van der Waals surface area (Å²) in [5.41, 5.74) is 0. The van der Waals surface area contributed by atoms with E-state index in [-0.39, 0.29) is 18.5 Å². The van der Waals surface area contributed by atoms with Gasteiger partial charge in [0.2, 0.25) is 5.91 Å². The first-order chi connectivity index (χ1) is 38.0. The highest BCUT2D eigenvalue weighted by atomic mass is 16.5. The number of rotatable bonds is 66. The number of esters is 1. The van der Waals surface area contributed by atoms with Gasteiger partial charge in [-0.15, -0.1) is 0 Å². The van der Waals surface area contributed by atoms with Crippen LogP contribution in [0.5, 0.6) is 0 Å². The average molecular weight is 1080 g/mol. The molecule has 0 saturated heterocycles. The van der Waals surface area contributed by atoms with E-state index in [1.165, 1.54) is 327 Å². The van der Waals surface area contributed by atoms with Crippen LogP contribution in [0, 0.1) is 0 Å². The maximum absolute atomic E-state index is 12.4. The molecule has 0 aromatic heterocycles. The first-order valence-corrected chi connectivity index (χ1v) is 35.1. The highest BCUT2D eigenvalue weighted by Crippen LogP contribution is 2.19. The van der Waals surface area contributed by atoms with E-state index in [4.69, 9.17) is 4.74 Å². The molecule has 0 aliphatic carbocycles. The molecule has 77 heavy (non-hydrogen) atoms. The monoisotopic (exact) mass is 1080 g/mol. The molecule has 456 valence electrons. The van der Waals surface area contributed by atoms with Gasteiger partial charge in [-0.25, -0.2) is 0 Å². The highest BCUT2D eigenvalue weighted by Gasteiger charge is 2.18. The summed E-state index contributed by atoms with van der Waals surface area (Å²) in [6.07, 6.45) is 84.3. The molecule has 2 unspecified atom stereocenters. The number of amides is 1. The van der Waals surface area contributed by atoms with Crippen molar-refractivity contribution >= 4 is 11.9 Å². The van der Waals surface area contributed by atoms with Gasteiger partial charge in [0, 0.05) is 12.8 Å². The standard InChI is InChI=1S/C71H137NO5/c1-3-5-7-9-11-13-14-15-16-17-32-36-39-42-45-49-53-57-61-65-71(76)77-66-62-58-54-50-46-43-40-37-34-31-29-27-25-23-21-19-18-20-22-24-26-28-30-33-35-38-41-44-48-52-56-60-64-70(75)72-68(67-73)69(74)63-59-55-51-47-12-10-8-6-4-2/h21,23,59,63,68-69,73-74H,3-20,22,24-58,60-62,64-67H2,1-2H3,(H,72,75)/b23-21-,63-59+. The molecule has 0 radical (unpaired) electrons. The van der Waals surface area contributed by atoms with Gasteiger partial charge in [0.05, 0.1) is 25.4 Å². The number of aliphatic hydroxyl groups is 2. The minimum absolute atomic E-state index is 0.0232. The van der Waals surface area contributed by atoms with Crippen LogP contribution in [0.1, 0.15) is 393 Å². The number of carbonyl (C=O) groups excluding carboxylic acids is 2. The zero-order valence-electron chi connectivity index (χ0n) is 52.2. The van der Waals surface area contributed by atoms with Gasteiger partial charge in [0.1, 0.15) is 0 Å². The Labute approximate surface area is 481 Å². The number of unbranched alkanes of at least 4 members (excludes halogenated alkanes) is 53. The Morgan fingerprint density at radius 2 is 0.610 bits per heavy atom. The first kappa shape index (κ1) is 75.3. The molecule has 0 heterocycles. The molecule has 0 aliphatic rings. The fourth-order valence-electron chi connectivity index (χ4n) is 11.1. The van der Waals surface area contributed by atoms with Crippen LogP contribution in [0.2, 0.25) is 0 Å². The number of hydrogen-bond donors (Lipinski definition) is 3. The molecule has 0 spiro atoms. The second kappa shape index (κ2) is 66.8. The van der Waals surface area contributed by atoms with Crippen molar-refractivity contribution in [3.05, 3.63) is 24.3 Å². The minimum atomic E-state index is -0.840. The highest BCUT2D eigenvalue weighted by molar-refractivity contribution is 5.76. The molecule has 6 heteroatoms. The lowest BCUT2D eigenvalue weighted by Gasteiger charge is -2.20. The van der Waals surface area contributed by atoms with Gasteiger partial charge in [0.25, 0.3) is 0 Å². The number of aliphatic hydroxyl groups excluding tert-OH is 2. The van der Waals surface area contributed by atoms with Crippen molar-refractivity contribution in [3.8, 4) is 0 Å². The summed E-state index contributed by atoms with van der Waals surface area (Å²) in [6, 6.07) is -0.623. The number of ether oxygens (including phenoxy) is 1. The molecule has 0 aliphatic heterocycles. The summed E-state index contributed by atoms with van der Waals surface area (Å²) in [7, 11) is 0. The van der Waals surface area contributed by atoms with Crippen LogP contribution in [-0.4, -0.2) is 47.4 Å². The van der Waals surface area contributed by atoms with E-state index in [2.05, 4.69) is 31.3 Å². The molecule has 0 aromatic carbocycles. The predicted molar refractivity (Wildman–Crippen MR) is 338 cm³/mol. The molecule has 2 atom stereocenters. The van der Waals surface area contributed by atoms with E-state index in [0.29, 0.717) is 19.4 Å². The van der Waals surface area contributed by atoms with Gasteiger partial charge in [0.15, 0.2) is 0 Å². The van der Waals surface area contributed by atoms with Gasteiger partial charge in [-0.05, 0) is 57.8 Å². The molecule has 3 N–H and O–H groups in total. The second-order valence-corrected chi connectivity index (χ2v) is 24.2. The molecule has 1 amide bonds. The van der Waals surface area contributed by atoms with Crippen LogP contribution in [-0.2, 0) is 14.3 Å². The summed E-state index contributed by atoms with van der Waals surface area (Å²) in [6.45, 7) is 4.91. The molecular formula is C71H137NO5. The predicted octanol–water partition coefficient (Wildman–Crippen LogP) is 22.5. The smallest absolute Gasteiger partial charge is 0.305 e. The maximum atomic E-state index is 12.4. The number of hydrogen-bond acceptors (Lipinski definition) is 5. The number of carbonyl (C=O) groups is 2. The summed E-state index contributed by atoms with van der Waals surface area (Å²) in [5.74, 6) is -0.0434. The van der Waals surface area contributed by atoms with E-state index < -0.39 is 12.1 Å². The Morgan fingerprint density at radius 1 is 0.351 bits per heavy atom. The molecule has 0 saturated carbocycles. The lowest BCUT2D eigenvalue weighted by atomic mass is 10.0. The Bertz CT molecular complexity index is 1200. The van der Waals surface area contributed by atoms with Crippen LogP contribution in [0.25, 0.3) is 0 Å². The number of nitrogens with one attached hydrogen (secondary N) is 1. The SMILES string of the molecule is CCCCCCCCC/C=C/C(O)C(CO)NC(=O)CCCCCCCCCCCCCCCCCC/C=C\CCCCCCCCCCCCCCOC(=O)CCCCCCCCCCCCCCCCCCCCC. The van der Waals surface area contributed by atoms with Crippen molar-refractivity contribution in [2.24, 2.45) is 0 Å². The van der Waals surface area contributed by atoms with E-state index in [1.54, 1.807) is 6.08 Å². The summed E-state index contributed by atoms with van der Waals surface area (Å²) in [5, 5.41) is 23.0. The summed E-state index contributed by atoms with van der Waals surface area (Å²) in [4.78, 5) is 24.5. The first-order valence-electron chi connectivity index (χ1n) is 35.1. The molecule has 0 rings (SSSR count). The van der Waals surface area contributed by atoms with Crippen molar-refractivity contribution in [1.82, 2.24) is 5.32 Å². The van der Waals surface area contributed by atoms with Crippen molar-refractivity contribution in [2.45, 2.75) is 405 Å². The Hall–Kier alpha value is -1.66. The lowest BCUT2D eigenvalue weighted by molar-refractivity contribution is -0.143.